The summed E-state index contributed by atoms with van der Waals surface area (Å²) in [6.45, 7) is 12.5. The van der Waals surface area contributed by atoms with Crippen LogP contribution >= 0.6 is 0 Å². The normalized spacial score (nSPS) is 13.3. The molecule has 0 saturated carbocycles. The highest BCUT2D eigenvalue weighted by molar-refractivity contribution is 5.49. The summed E-state index contributed by atoms with van der Waals surface area (Å²) < 4.78 is 14.3. The van der Waals surface area contributed by atoms with Crippen molar-refractivity contribution in [2.24, 2.45) is 5.41 Å². The summed E-state index contributed by atoms with van der Waals surface area (Å²) >= 11 is 0. The van der Waals surface area contributed by atoms with Gasteiger partial charge in [-0.1, -0.05) is 33.8 Å². The molecule has 0 aliphatic heterocycles. The van der Waals surface area contributed by atoms with Crippen molar-refractivity contribution in [1.82, 2.24) is 5.32 Å². The molecule has 2 nitrogen and oxygen atoms in total. The number of rotatable bonds is 6. The molecule has 1 aromatic carbocycles. The highest BCUT2D eigenvalue weighted by Gasteiger charge is 2.17. The molecule has 0 bridgehead atoms. The van der Waals surface area contributed by atoms with E-state index in [0.717, 1.165) is 25.1 Å². The number of hydrogen-bond donors (Lipinski definition) is 1. The Balaban J connectivity index is 2.82. The Hall–Kier alpha value is -1.09. The van der Waals surface area contributed by atoms with Gasteiger partial charge in [0.25, 0.3) is 0 Å². The topological polar surface area (TPSA) is 15.3 Å². The van der Waals surface area contributed by atoms with E-state index in [1.54, 1.807) is 6.07 Å². The predicted octanol–water partition coefficient (Wildman–Crippen LogP) is 4.37. The molecule has 1 unspecified atom stereocenters. The number of nitrogens with zero attached hydrogens (tertiary/aromatic N) is 1. The number of benzene rings is 1. The van der Waals surface area contributed by atoms with Gasteiger partial charge in [0.05, 0.1) is 5.69 Å². The Morgan fingerprint density at radius 1 is 1.30 bits per heavy atom. The molecule has 0 aliphatic rings. The molecule has 3 heteroatoms. The lowest BCUT2D eigenvalue weighted by Gasteiger charge is -2.29. The van der Waals surface area contributed by atoms with Crippen LogP contribution in [0.25, 0.3) is 0 Å². The Morgan fingerprint density at radius 2 is 1.95 bits per heavy atom. The molecule has 0 aliphatic carbocycles. The van der Waals surface area contributed by atoms with Crippen molar-refractivity contribution in [3.8, 4) is 0 Å². The number of nitrogens with one attached hydrogen (secondary N) is 1. The number of anilines is 1. The quantitative estimate of drug-likeness (QED) is 0.832. The van der Waals surface area contributed by atoms with E-state index < -0.39 is 0 Å². The van der Waals surface area contributed by atoms with Crippen LogP contribution in [0.5, 0.6) is 0 Å². The van der Waals surface area contributed by atoms with Crippen molar-refractivity contribution in [1.29, 1.82) is 0 Å². The van der Waals surface area contributed by atoms with E-state index in [1.165, 1.54) is 0 Å². The van der Waals surface area contributed by atoms with Crippen LogP contribution in [0.2, 0.25) is 0 Å². The molecular weight excluding hydrogens is 251 g/mol. The lowest BCUT2D eigenvalue weighted by molar-refractivity contribution is 0.417. The Labute approximate surface area is 123 Å². The molecule has 1 rings (SSSR count). The van der Waals surface area contributed by atoms with Crippen LogP contribution < -0.4 is 10.2 Å². The van der Waals surface area contributed by atoms with Crippen molar-refractivity contribution in [2.45, 2.75) is 47.1 Å². The van der Waals surface area contributed by atoms with Crippen LogP contribution in [0.4, 0.5) is 10.1 Å². The van der Waals surface area contributed by atoms with Gasteiger partial charge in [-0.05, 0) is 43.0 Å². The molecule has 1 atom stereocenters. The fourth-order valence-corrected chi connectivity index (χ4v) is 2.38. The molecule has 114 valence electrons. The summed E-state index contributed by atoms with van der Waals surface area (Å²) in [7, 11) is 1.95. The van der Waals surface area contributed by atoms with Gasteiger partial charge in [0.2, 0.25) is 0 Å². The van der Waals surface area contributed by atoms with Crippen LogP contribution in [0.1, 0.15) is 52.6 Å². The van der Waals surface area contributed by atoms with E-state index >= 15 is 0 Å². The fourth-order valence-electron chi connectivity index (χ4n) is 2.38. The molecule has 1 N–H and O–H groups in total. The number of hydrogen-bond acceptors (Lipinski definition) is 2. The lowest BCUT2D eigenvalue weighted by atomic mass is 9.96. The van der Waals surface area contributed by atoms with Gasteiger partial charge in [0.15, 0.2) is 0 Å². The summed E-state index contributed by atoms with van der Waals surface area (Å²) in [5, 5.41) is 3.38. The third kappa shape index (κ3) is 5.12. The molecule has 20 heavy (non-hydrogen) atoms. The Bertz CT molecular complexity index is 423. The molecule has 0 heterocycles. The zero-order valence-corrected chi connectivity index (χ0v) is 13.8. The third-order valence-corrected chi connectivity index (χ3v) is 3.30. The molecule has 0 amide bonds. The van der Waals surface area contributed by atoms with E-state index in [2.05, 4.69) is 39.9 Å². The van der Waals surface area contributed by atoms with Gasteiger partial charge in [-0.25, -0.2) is 4.39 Å². The molecule has 0 aromatic heterocycles. The third-order valence-electron chi connectivity index (χ3n) is 3.30. The lowest BCUT2D eigenvalue weighted by Crippen LogP contribution is -2.29. The van der Waals surface area contributed by atoms with Crippen molar-refractivity contribution in [3.05, 3.63) is 29.6 Å². The van der Waals surface area contributed by atoms with Crippen LogP contribution in [0.3, 0.4) is 0 Å². The zero-order valence-electron chi connectivity index (χ0n) is 13.8. The van der Waals surface area contributed by atoms with Crippen LogP contribution in [0.15, 0.2) is 18.2 Å². The average molecular weight is 280 g/mol. The van der Waals surface area contributed by atoms with Gasteiger partial charge in [0.1, 0.15) is 5.82 Å². The molecule has 0 spiro atoms. The molecule has 1 aromatic rings. The van der Waals surface area contributed by atoms with E-state index in [9.17, 15) is 4.39 Å². The first kappa shape index (κ1) is 17.0. The second-order valence-corrected chi connectivity index (χ2v) is 6.80. The Kier molecular flexibility index (Phi) is 6.00. The highest BCUT2D eigenvalue weighted by atomic mass is 19.1. The van der Waals surface area contributed by atoms with Crippen molar-refractivity contribution in [3.63, 3.8) is 0 Å². The molecule has 0 fully saturated rings. The SMILES string of the molecule is CCCNC(C)c1ccc(N(C)CC(C)(C)C)c(F)c1. The minimum atomic E-state index is -0.139. The largest absolute Gasteiger partial charge is 0.372 e. The summed E-state index contributed by atoms with van der Waals surface area (Å²) in [5.41, 5.74) is 1.82. The minimum Gasteiger partial charge on any atom is -0.372 e. The van der Waals surface area contributed by atoms with E-state index in [-0.39, 0.29) is 17.3 Å². The summed E-state index contributed by atoms with van der Waals surface area (Å²) in [4.78, 5) is 1.99. The van der Waals surface area contributed by atoms with Gasteiger partial charge in [-0.3, -0.25) is 0 Å². The molecule has 0 saturated heterocycles. The van der Waals surface area contributed by atoms with E-state index in [1.807, 2.05) is 24.1 Å². The molecule has 0 radical (unpaired) electrons. The Morgan fingerprint density at radius 3 is 2.45 bits per heavy atom. The predicted molar refractivity (Wildman–Crippen MR) is 85.8 cm³/mol. The summed E-state index contributed by atoms with van der Waals surface area (Å²) in [5.74, 6) is -0.139. The van der Waals surface area contributed by atoms with Gasteiger partial charge < -0.3 is 10.2 Å². The second kappa shape index (κ2) is 7.07. The molecular formula is C17H29FN2. The average Bonchev–Trinajstić information content (AvgIpc) is 2.33. The zero-order chi connectivity index (χ0) is 15.3. The van der Waals surface area contributed by atoms with Crippen molar-refractivity contribution in [2.75, 3.05) is 25.0 Å². The van der Waals surface area contributed by atoms with Crippen LogP contribution in [0, 0.1) is 11.2 Å². The summed E-state index contributed by atoms with van der Waals surface area (Å²) in [6.07, 6.45) is 1.08. The van der Waals surface area contributed by atoms with Gasteiger partial charge >= 0.3 is 0 Å². The maximum atomic E-state index is 14.3. The first-order valence-corrected chi connectivity index (χ1v) is 7.48. The number of halogens is 1. The highest BCUT2D eigenvalue weighted by Crippen LogP contribution is 2.25. The second-order valence-electron chi connectivity index (χ2n) is 6.80. The monoisotopic (exact) mass is 280 g/mol. The van der Waals surface area contributed by atoms with Gasteiger partial charge in [-0.2, -0.15) is 0 Å². The van der Waals surface area contributed by atoms with E-state index in [4.69, 9.17) is 0 Å². The first-order chi connectivity index (χ1) is 9.24. The summed E-state index contributed by atoms with van der Waals surface area (Å²) in [6, 6.07) is 5.75. The first-order valence-electron chi connectivity index (χ1n) is 7.48. The fraction of sp³-hybridized carbons (Fsp3) is 0.647. The van der Waals surface area contributed by atoms with Crippen molar-refractivity contribution >= 4 is 5.69 Å². The maximum Gasteiger partial charge on any atom is 0.146 e. The van der Waals surface area contributed by atoms with Crippen LogP contribution in [-0.4, -0.2) is 20.1 Å². The van der Waals surface area contributed by atoms with E-state index in [0.29, 0.717) is 5.69 Å². The maximum absolute atomic E-state index is 14.3. The van der Waals surface area contributed by atoms with Gasteiger partial charge in [-0.15, -0.1) is 0 Å². The standard InChI is InChI=1S/C17H29FN2/c1-7-10-19-13(2)14-8-9-16(15(18)11-14)20(6)12-17(3,4)5/h8-9,11,13,19H,7,10,12H2,1-6H3. The smallest absolute Gasteiger partial charge is 0.146 e. The van der Waals surface area contributed by atoms with Crippen LogP contribution in [-0.2, 0) is 0 Å². The van der Waals surface area contributed by atoms with Crippen molar-refractivity contribution < 1.29 is 4.39 Å². The minimum absolute atomic E-state index is 0.139. The van der Waals surface area contributed by atoms with Gasteiger partial charge in [0, 0.05) is 19.6 Å².